The molecule has 1 amide bonds. The molecule has 0 saturated heterocycles. The van der Waals surface area contributed by atoms with Gasteiger partial charge >= 0.3 is 0 Å². The van der Waals surface area contributed by atoms with Crippen molar-refractivity contribution < 1.29 is 9.53 Å². The first kappa shape index (κ1) is 15.7. The highest BCUT2D eigenvalue weighted by molar-refractivity contribution is 5.91. The minimum Gasteiger partial charge on any atom is -0.483 e. The summed E-state index contributed by atoms with van der Waals surface area (Å²) in [5.41, 5.74) is 2.58. The first-order chi connectivity index (χ1) is 11.8. The van der Waals surface area contributed by atoms with Gasteiger partial charge in [0.2, 0.25) is 0 Å². The van der Waals surface area contributed by atoms with Gasteiger partial charge in [-0.2, -0.15) is 0 Å². The summed E-state index contributed by atoms with van der Waals surface area (Å²) in [5, 5.41) is 13.8. The fourth-order valence-corrected chi connectivity index (χ4v) is 2.25. The zero-order valence-electron chi connectivity index (χ0n) is 13.2. The molecule has 3 aromatic rings. The molecule has 0 saturated carbocycles. The van der Waals surface area contributed by atoms with Crippen molar-refractivity contribution in [3.8, 4) is 11.4 Å². The molecule has 0 atom stereocenters. The summed E-state index contributed by atoms with van der Waals surface area (Å²) in [7, 11) is 0. The normalized spacial score (nSPS) is 10.4. The Labute approximate surface area is 139 Å². The van der Waals surface area contributed by atoms with Crippen LogP contribution in [0.25, 0.3) is 5.69 Å². The fourth-order valence-electron chi connectivity index (χ4n) is 2.25. The number of hydrogen-bond acceptors (Lipinski definition) is 5. The van der Waals surface area contributed by atoms with Crippen molar-refractivity contribution in [1.82, 2.24) is 20.2 Å². The van der Waals surface area contributed by atoms with Crippen LogP contribution in [-0.4, -0.2) is 32.7 Å². The largest absolute Gasteiger partial charge is 0.483 e. The summed E-state index contributed by atoms with van der Waals surface area (Å²) in [5.74, 6) is 0.528. The van der Waals surface area contributed by atoms with Crippen molar-refractivity contribution in [2.75, 3.05) is 11.9 Å². The zero-order valence-corrected chi connectivity index (χ0v) is 13.2. The number of aromatic nitrogens is 4. The highest BCUT2D eigenvalue weighted by Crippen LogP contribution is 2.18. The molecular weight excluding hydrogens is 306 g/mol. The molecule has 122 valence electrons. The number of nitrogens with zero attached hydrogens (tertiary/aromatic N) is 4. The number of benzene rings is 2. The monoisotopic (exact) mass is 323 g/mol. The first-order valence-corrected chi connectivity index (χ1v) is 7.60. The van der Waals surface area contributed by atoms with E-state index in [4.69, 9.17) is 4.74 Å². The van der Waals surface area contributed by atoms with Crippen LogP contribution >= 0.6 is 0 Å². The molecule has 2 aromatic carbocycles. The molecule has 0 aliphatic heterocycles. The van der Waals surface area contributed by atoms with E-state index < -0.39 is 0 Å². The van der Waals surface area contributed by atoms with Gasteiger partial charge in [0.1, 0.15) is 12.1 Å². The predicted octanol–water partition coefficient (Wildman–Crippen LogP) is 2.24. The molecule has 1 N–H and O–H groups in total. The lowest BCUT2D eigenvalue weighted by Crippen LogP contribution is -2.20. The number of tetrazole rings is 1. The van der Waals surface area contributed by atoms with Crippen molar-refractivity contribution in [2.24, 2.45) is 0 Å². The molecule has 0 radical (unpaired) electrons. The number of amides is 1. The maximum Gasteiger partial charge on any atom is 0.262 e. The van der Waals surface area contributed by atoms with Gasteiger partial charge in [-0.05, 0) is 52.7 Å². The van der Waals surface area contributed by atoms with Crippen LogP contribution in [0.1, 0.15) is 12.5 Å². The Morgan fingerprint density at radius 3 is 2.67 bits per heavy atom. The molecule has 0 spiro atoms. The van der Waals surface area contributed by atoms with Gasteiger partial charge in [0.15, 0.2) is 6.61 Å². The molecule has 0 fully saturated rings. The number of carbonyl (C=O) groups is 1. The maximum atomic E-state index is 12.0. The van der Waals surface area contributed by atoms with Crippen LogP contribution in [0.2, 0.25) is 0 Å². The van der Waals surface area contributed by atoms with E-state index in [0.29, 0.717) is 5.69 Å². The molecule has 1 aromatic heterocycles. The lowest BCUT2D eigenvalue weighted by molar-refractivity contribution is -0.118. The highest BCUT2D eigenvalue weighted by atomic mass is 16.5. The molecule has 3 rings (SSSR count). The third kappa shape index (κ3) is 3.75. The second-order valence-electron chi connectivity index (χ2n) is 5.10. The lowest BCUT2D eigenvalue weighted by Gasteiger charge is -2.10. The van der Waals surface area contributed by atoms with Gasteiger partial charge in [-0.15, -0.1) is 5.10 Å². The zero-order chi connectivity index (χ0) is 16.8. The summed E-state index contributed by atoms with van der Waals surface area (Å²) in [6.07, 6.45) is 2.36. The number of anilines is 1. The lowest BCUT2D eigenvalue weighted by atomic mass is 10.1. The average molecular weight is 323 g/mol. The molecule has 0 unspecified atom stereocenters. The van der Waals surface area contributed by atoms with Crippen LogP contribution in [-0.2, 0) is 11.2 Å². The summed E-state index contributed by atoms with van der Waals surface area (Å²) >= 11 is 0. The van der Waals surface area contributed by atoms with Crippen molar-refractivity contribution in [2.45, 2.75) is 13.3 Å². The molecule has 24 heavy (non-hydrogen) atoms. The molecule has 0 aliphatic rings. The SMILES string of the molecule is CCc1ccccc1OCC(=O)Nc1ccc(-n2cnnn2)cc1. The number of aryl methyl sites for hydroxylation is 1. The van der Waals surface area contributed by atoms with Crippen molar-refractivity contribution in [1.29, 1.82) is 0 Å². The van der Waals surface area contributed by atoms with E-state index in [1.807, 2.05) is 36.4 Å². The van der Waals surface area contributed by atoms with Gasteiger partial charge in [-0.1, -0.05) is 25.1 Å². The number of para-hydroxylation sites is 1. The van der Waals surface area contributed by atoms with Gasteiger partial charge in [0.05, 0.1) is 5.69 Å². The maximum absolute atomic E-state index is 12.0. The predicted molar refractivity (Wildman–Crippen MR) is 89.1 cm³/mol. The van der Waals surface area contributed by atoms with Crippen molar-refractivity contribution in [3.63, 3.8) is 0 Å². The number of rotatable bonds is 6. The third-order valence-electron chi connectivity index (χ3n) is 3.48. The van der Waals surface area contributed by atoms with Crippen LogP contribution in [0.15, 0.2) is 54.9 Å². The van der Waals surface area contributed by atoms with Crippen molar-refractivity contribution in [3.05, 3.63) is 60.4 Å². The Morgan fingerprint density at radius 1 is 1.17 bits per heavy atom. The second kappa shape index (κ2) is 7.36. The Hall–Kier alpha value is -3.22. The van der Waals surface area contributed by atoms with Gasteiger partial charge in [-0.25, -0.2) is 4.68 Å². The minimum absolute atomic E-state index is 0.0360. The van der Waals surface area contributed by atoms with E-state index in [9.17, 15) is 4.79 Å². The third-order valence-corrected chi connectivity index (χ3v) is 3.48. The van der Waals surface area contributed by atoms with Gasteiger partial charge < -0.3 is 10.1 Å². The highest BCUT2D eigenvalue weighted by Gasteiger charge is 2.06. The Bertz CT molecular complexity index is 800. The average Bonchev–Trinajstić information content (AvgIpc) is 3.15. The molecule has 0 aliphatic carbocycles. The fraction of sp³-hybridized carbons (Fsp3) is 0.176. The smallest absolute Gasteiger partial charge is 0.262 e. The quantitative estimate of drug-likeness (QED) is 0.752. The van der Waals surface area contributed by atoms with Crippen LogP contribution in [0.5, 0.6) is 5.75 Å². The van der Waals surface area contributed by atoms with E-state index in [1.165, 1.54) is 11.0 Å². The summed E-state index contributed by atoms with van der Waals surface area (Å²) < 4.78 is 7.14. The Kier molecular flexibility index (Phi) is 4.81. The topological polar surface area (TPSA) is 81.9 Å². The Balaban J connectivity index is 1.57. The van der Waals surface area contributed by atoms with Crippen LogP contribution in [0.4, 0.5) is 5.69 Å². The molecule has 7 heteroatoms. The Morgan fingerprint density at radius 2 is 1.96 bits per heavy atom. The number of hydrogen-bond donors (Lipinski definition) is 1. The van der Waals surface area contributed by atoms with E-state index in [1.54, 1.807) is 12.1 Å². The van der Waals surface area contributed by atoms with E-state index >= 15 is 0 Å². The standard InChI is InChI=1S/C17H17N5O2/c1-2-13-5-3-4-6-16(13)24-11-17(23)19-14-7-9-15(10-8-14)22-12-18-20-21-22/h3-10,12H,2,11H2,1H3,(H,19,23). The molecule has 0 bridgehead atoms. The van der Waals surface area contributed by atoms with E-state index in [-0.39, 0.29) is 12.5 Å². The molecule has 7 nitrogen and oxygen atoms in total. The number of carbonyl (C=O) groups excluding carboxylic acids is 1. The van der Waals surface area contributed by atoms with Gasteiger partial charge in [0, 0.05) is 5.69 Å². The minimum atomic E-state index is -0.212. The van der Waals surface area contributed by atoms with E-state index in [0.717, 1.165) is 23.4 Å². The first-order valence-electron chi connectivity index (χ1n) is 7.60. The van der Waals surface area contributed by atoms with Crippen molar-refractivity contribution >= 4 is 11.6 Å². The summed E-state index contributed by atoms with van der Waals surface area (Å²) in [4.78, 5) is 12.0. The summed E-state index contributed by atoms with van der Waals surface area (Å²) in [6, 6.07) is 14.9. The van der Waals surface area contributed by atoms with Crippen LogP contribution < -0.4 is 10.1 Å². The van der Waals surface area contributed by atoms with Gasteiger partial charge in [0.25, 0.3) is 5.91 Å². The molecular formula is C17H17N5O2. The number of ether oxygens (including phenoxy) is 1. The van der Waals surface area contributed by atoms with E-state index in [2.05, 4.69) is 27.8 Å². The second-order valence-corrected chi connectivity index (χ2v) is 5.10. The van der Waals surface area contributed by atoms with Crippen LogP contribution in [0, 0.1) is 0 Å². The summed E-state index contributed by atoms with van der Waals surface area (Å²) in [6.45, 7) is 2.01. The van der Waals surface area contributed by atoms with Crippen LogP contribution in [0.3, 0.4) is 0 Å². The number of nitrogens with one attached hydrogen (secondary N) is 1. The molecule has 1 heterocycles. The van der Waals surface area contributed by atoms with Gasteiger partial charge in [-0.3, -0.25) is 4.79 Å².